The quantitative estimate of drug-likeness (QED) is 0.354. The Morgan fingerprint density at radius 2 is 1.65 bits per heavy atom. The highest BCUT2D eigenvalue weighted by molar-refractivity contribution is 5.87. The number of carbonyl (C=O) groups is 1. The Morgan fingerprint density at radius 1 is 1.12 bits per heavy atom. The predicted molar refractivity (Wildman–Crippen MR) is 68.6 cm³/mol. The van der Waals surface area contributed by atoms with Crippen LogP contribution in [0.4, 0.5) is 0 Å². The SMILES string of the molecule is CCCCCCCCCC/C(=C/C#N)C(=O)O. The molecule has 0 amide bonds. The van der Waals surface area contributed by atoms with Crippen LogP contribution in [0.3, 0.4) is 0 Å². The lowest BCUT2D eigenvalue weighted by molar-refractivity contribution is -0.132. The van der Waals surface area contributed by atoms with Crippen LogP contribution in [-0.2, 0) is 4.79 Å². The minimum atomic E-state index is -0.963. The van der Waals surface area contributed by atoms with E-state index in [9.17, 15) is 4.79 Å². The van der Waals surface area contributed by atoms with E-state index in [0.29, 0.717) is 6.42 Å². The Hall–Kier alpha value is -1.30. The molecule has 17 heavy (non-hydrogen) atoms. The van der Waals surface area contributed by atoms with Gasteiger partial charge in [0.05, 0.1) is 6.07 Å². The van der Waals surface area contributed by atoms with Crippen LogP contribution >= 0.6 is 0 Å². The van der Waals surface area contributed by atoms with Crippen LogP contribution in [0.1, 0.15) is 64.7 Å². The van der Waals surface area contributed by atoms with Crippen LogP contribution in [0.2, 0.25) is 0 Å². The van der Waals surface area contributed by atoms with Crippen molar-refractivity contribution < 1.29 is 9.90 Å². The van der Waals surface area contributed by atoms with E-state index >= 15 is 0 Å². The number of carboxylic acid groups (broad SMARTS) is 1. The number of rotatable bonds is 10. The van der Waals surface area contributed by atoms with Crippen molar-refractivity contribution in [1.29, 1.82) is 5.26 Å². The summed E-state index contributed by atoms with van der Waals surface area (Å²) >= 11 is 0. The fourth-order valence-corrected chi connectivity index (χ4v) is 1.77. The average molecular weight is 237 g/mol. The van der Waals surface area contributed by atoms with Gasteiger partial charge in [-0.05, 0) is 12.8 Å². The molecule has 0 aliphatic heterocycles. The van der Waals surface area contributed by atoms with Crippen LogP contribution in [-0.4, -0.2) is 11.1 Å². The molecule has 0 aromatic carbocycles. The molecule has 0 radical (unpaired) electrons. The first kappa shape index (κ1) is 15.7. The monoisotopic (exact) mass is 237 g/mol. The molecule has 1 N–H and O–H groups in total. The lowest BCUT2D eigenvalue weighted by Crippen LogP contribution is -2.00. The van der Waals surface area contributed by atoms with Gasteiger partial charge in [0, 0.05) is 11.6 Å². The van der Waals surface area contributed by atoms with E-state index in [0.717, 1.165) is 18.9 Å². The first-order chi connectivity index (χ1) is 8.22. The van der Waals surface area contributed by atoms with Crippen molar-refractivity contribution in [3.05, 3.63) is 11.6 Å². The van der Waals surface area contributed by atoms with Crippen LogP contribution in [0.15, 0.2) is 11.6 Å². The van der Waals surface area contributed by atoms with Gasteiger partial charge >= 0.3 is 5.97 Å². The van der Waals surface area contributed by atoms with Gasteiger partial charge in [-0.25, -0.2) is 4.79 Å². The van der Waals surface area contributed by atoms with Gasteiger partial charge in [-0.3, -0.25) is 0 Å². The molecular weight excluding hydrogens is 214 g/mol. The molecule has 3 nitrogen and oxygen atoms in total. The highest BCUT2D eigenvalue weighted by Crippen LogP contribution is 2.12. The second-order valence-corrected chi connectivity index (χ2v) is 4.33. The van der Waals surface area contributed by atoms with Gasteiger partial charge in [0.1, 0.15) is 0 Å². The maximum atomic E-state index is 10.7. The Kier molecular flexibility index (Phi) is 10.3. The van der Waals surface area contributed by atoms with Gasteiger partial charge in [0.15, 0.2) is 0 Å². The largest absolute Gasteiger partial charge is 0.478 e. The molecule has 0 atom stereocenters. The lowest BCUT2D eigenvalue weighted by Gasteiger charge is -2.02. The molecule has 96 valence electrons. The molecule has 0 aromatic heterocycles. The topological polar surface area (TPSA) is 61.1 Å². The van der Waals surface area contributed by atoms with Crippen LogP contribution in [0.25, 0.3) is 0 Å². The highest BCUT2D eigenvalue weighted by Gasteiger charge is 2.05. The van der Waals surface area contributed by atoms with Crippen LogP contribution in [0, 0.1) is 11.3 Å². The first-order valence-electron chi connectivity index (χ1n) is 6.54. The minimum absolute atomic E-state index is 0.235. The predicted octanol–water partition coefficient (Wildman–Crippen LogP) is 4.05. The van der Waals surface area contributed by atoms with E-state index in [1.807, 2.05) is 0 Å². The summed E-state index contributed by atoms with van der Waals surface area (Å²) in [6.07, 6.45) is 11.2. The van der Waals surface area contributed by atoms with Gasteiger partial charge < -0.3 is 5.11 Å². The van der Waals surface area contributed by atoms with E-state index in [4.69, 9.17) is 10.4 Å². The van der Waals surface area contributed by atoms with E-state index < -0.39 is 5.97 Å². The van der Waals surface area contributed by atoms with Gasteiger partial charge in [0.25, 0.3) is 0 Å². The zero-order valence-electron chi connectivity index (χ0n) is 10.7. The zero-order valence-corrected chi connectivity index (χ0v) is 10.7. The Bertz CT molecular complexity index is 276. The number of nitrogens with zero attached hydrogens (tertiary/aromatic N) is 1. The molecule has 0 unspecified atom stereocenters. The molecule has 0 spiro atoms. The van der Waals surface area contributed by atoms with Crippen LogP contribution < -0.4 is 0 Å². The molecule has 0 rings (SSSR count). The summed E-state index contributed by atoms with van der Waals surface area (Å²) in [6.45, 7) is 2.20. The Morgan fingerprint density at radius 3 is 2.12 bits per heavy atom. The van der Waals surface area contributed by atoms with Gasteiger partial charge in [0.2, 0.25) is 0 Å². The van der Waals surface area contributed by atoms with Gasteiger partial charge in [-0.1, -0.05) is 51.9 Å². The maximum Gasteiger partial charge on any atom is 0.332 e. The van der Waals surface area contributed by atoms with Crippen molar-refractivity contribution >= 4 is 5.97 Å². The number of hydrogen-bond acceptors (Lipinski definition) is 2. The summed E-state index contributed by atoms with van der Waals surface area (Å²) in [7, 11) is 0. The van der Waals surface area contributed by atoms with E-state index in [-0.39, 0.29) is 5.57 Å². The number of carboxylic acids is 1. The third kappa shape index (κ3) is 9.62. The zero-order chi connectivity index (χ0) is 12.9. The van der Waals surface area contributed by atoms with Gasteiger partial charge in [-0.15, -0.1) is 0 Å². The molecule has 3 heteroatoms. The number of unbranched alkanes of at least 4 members (excludes halogenated alkanes) is 7. The summed E-state index contributed by atoms with van der Waals surface area (Å²) in [5.41, 5.74) is 0.235. The third-order valence-corrected chi connectivity index (χ3v) is 2.81. The first-order valence-corrected chi connectivity index (χ1v) is 6.54. The Balaban J connectivity index is 3.47. The Labute approximate surface area is 104 Å². The summed E-state index contributed by atoms with van der Waals surface area (Å²) in [5, 5.41) is 17.2. The standard InChI is InChI=1S/C14H23NO2/c1-2-3-4-5-6-7-8-9-10-13(11-12-15)14(16)17/h11H,2-10H2,1H3,(H,16,17)/b13-11-. The molecule has 0 aliphatic rings. The fourth-order valence-electron chi connectivity index (χ4n) is 1.77. The number of aliphatic carboxylic acids is 1. The number of hydrogen-bond donors (Lipinski definition) is 1. The second-order valence-electron chi connectivity index (χ2n) is 4.33. The summed E-state index contributed by atoms with van der Waals surface area (Å²) in [6, 6.07) is 1.78. The number of allylic oxidation sites excluding steroid dienone is 1. The van der Waals surface area contributed by atoms with Crippen molar-refractivity contribution in [3.63, 3.8) is 0 Å². The third-order valence-electron chi connectivity index (χ3n) is 2.81. The molecule has 0 aliphatic carbocycles. The number of nitriles is 1. The van der Waals surface area contributed by atoms with E-state index in [1.165, 1.54) is 38.5 Å². The molecule has 0 saturated carbocycles. The average Bonchev–Trinajstić information content (AvgIpc) is 2.31. The van der Waals surface area contributed by atoms with E-state index in [2.05, 4.69) is 6.92 Å². The molecular formula is C14H23NO2. The van der Waals surface area contributed by atoms with Crippen molar-refractivity contribution in [2.24, 2.45) is 0 Å². The molecule has 0 heterocycles. The minimum Gasteiger partial charge on any atom is -0.478 e. The van der Waals surface area contributed by atoms with Crippen molar-refractivity contribution in [1.82, 2.24) is 0 Å². The van der Waals surface area contributed by atoms with Gasteiger partial charge in [-0.2, -0.15) is 5.26 Å². The molecule has 0 fully saturated rings. The summed E-state index contributed by atoms with van der Waals surface area (Å²) in [5.74, 6) is -0.963. The highest BCUT2D eigenvalue weighted by atomic mass is 16.4. The smallest absolute Gasteiger partial charge is 0.332 e. The molecule has 0 bridgehead atoms. The fraction of sp³-hybridized carbons (Fsp3) is 0.714. The molecule has 0 aromatic rings. The molecule has 0 saturated heterocycles. The van der Waals surface area contributed by atoms with Crippen molar-refractivity contribution in [2.75, 3.05) is 0 Å². The summed E-state index contributed by atoms with van der Waals surface area (Å²) < 4.78 is 0. The maximum absolute atomic E-state index is 10.7. The summed E-state index contributed by atoms with van der Waals surface area (Å²) in [4.78, 5) is 10.7. The van der Waals surface area contributed by atoms with E-state index in [1.54, 1.807) is 6.07 Å². The van der Waals surface area contributed by atoms with Crippen molar-refractivity contribution in [3.8, 4) is 6.07 Å². The second kappa shape index (κ2) is 11.2. The lowest BCUT2D eigenvalue weighted by atomic mass is 10.0. The van der Waals surface area contributed by atoms with Crippen molar-refractivity contribution in [2.45, 2.75) is 64.7 Å². The van der Waals surface area contributed by atoms with Crippen LogP contribution in [0.5, 0.6) is 0 Å². The normalized spacial score (nSPS) is 11.2.